The van der Waals surface area contributed by atoms with Gasteiger partial charge < -0.3 is 9.80 Å². The molecule has 0 spiro atoms. The molecule has 0 aliphatic carbocycles. The van der Waals surface area contributed by atoms with Crippen molar-refractivity contribution in [2.24, 2.45) is 4.76 Å². The first-order valence-corrected chi connectivity index (χ1v) is 12.5. The van der Waals surface area contributed by atoms with Crippen molar-refractivity contribution in [3.63, 3.8) is 0 Å². The molecule has 0 aliphatic heterocycles. The third kappa shape index (κ3) is 5.54. The molecule has 0 N–H and O–H groups in total. The van der Waals surface area contributed by atoms with Crippen LogP contribution >= 0.6 is 7.04 Å². The molecular weight excluding hydrogens is 337 g/mol. The number of hydrogen-bond acceptors (Lipinski definition) is 1. The maximum Gasteiger partial charge on any atom is 0.201 e. The largest absolute Gasteiger partial charge is 0.338 e. The van der Waals surface area contributed by atoms with E-state index in [9.17, 15) is 0 Å². The zero-order chi connectivity index (χ0) is 21.0. The van der Waals surface area contributed by atoms with Crippen molar-refractivity contribution in [2.45, 2.75) is 132 Å². The molecule has 0 rings (SSSR count). The lowest BCUT2D eigenvalue weighted by Gasteiger charge is -2.45. The van der Waals surface area contributed by atoms with Gasteiger partial charge in [-0.25, -0.2) is 4.76 Å². The van der Waals surface area contributed by atoms with Crippen molar-refractivity contribution in [3.8, 4) is 0 Å². The van der Waals surface area contributed by atoms with Crippen LogP contribution in [0.3, 0.4) is 0 Å². The number of guanidine groups is 1. The monoisotopic (exact) mass is 385 g/mol. The van der Waals surface area contributed by atoms with E-state index in [0.29, 0.717) is 35.5 Å². The zero-order valence-corrected chi connectivity index (χ0v) is 21.1. The minimum atomic E-state index is -1.61. The summed E-state index contributed by atoms with van der Waals surface area (Å²) in [6.07, 6.45) is 0. The van der Waals surface area contributed by atoms with E-state index in [1.54, 1.807) is 0 Å². The molecule has 0 atom stereocenters. The maximum atomic E-state index is 5.73. The van der Waals surface area contributed by atoms with Gasteiger partial charge in [0.2, 0.25) is 5.96 Å². The van der Waals surface area contributed by atoms with Gasteiger partial charge in [0.25, 0.3) is 0 Å². The molecule has 4 heteroatoms. The Bertz CT molecular complexity index is 459. The van der Waals surface area contributed by atoms with E-state index in [0.717, 1.165) is 0 Å². The van der Waals surface area contributed by atoms with Gasteiger partial charge >= 0.3 is 0 Å². The van der Waals surface area contributed by atoms with Gasteiger partial charge in [-0.05, 0) is 80.6 Å². The minimum absolute atomic E-state index is 0.423. The van der Waals surface area contributed by atoms with Crippen molar-refractivity contribution in [3.05, 3.63) is 0 Å². The summed E-state index contributed by atoms with van der Waals surface area (Å²) in [5.74, 6) is 1.21. The third-order valence-corrected chi connectivity index (χ3v) is 10.3. The average molecular weight is 386 g/mol. The summed E-state index contributed by atoms with van der Waals surface area (Å²) in [5, 5.41) is 1.51. The molecule has 0 amide bonds. The molecule has 0 saturated carbocycles. The Morgan fingerprint density at radius 1 is 0.577 bits per heavy atom. The summed E-state index contributed by atoms with van der Waals surface area (Å²) < 4.78 is 5.73. The lowest BCUT2D eigenvalue weighted by Crippen LogP contribution is -2.55. The second-order valence-corrected chi connectivity index (χ2v) is 14.1. The molecule has 0 aromatic heterocycles. The van der Waals surface area contributed by atoms with E-state index >= 15 is 0 Å². The van der Waals surface area contributed by atoms with Crippen LogP contribution in [0.1, 0.15) is 96.9 Å². The van der Waals surface area contributed by atoms with Crippen LogP contribution in [0, 0.1) is 0 Å². The highest BCUT2D eigenvalue weighted by molar-refractivity contribution is 7.76. The third-order valence-electron chi connectivity index (χ3n) is 5.23. The van der Waals surface area contributed by atoms with Crippen LogP contribution < -0.4 is 0 Å². The molecular formula is C22H48N3P. The second kappa shape index (κ2) is 10.2. The highest BCUT2D eigenvalue weighted by Gasteiger charge is 2.33. The van der Waals surface area contributed by atoms with Gasteiger partial charge in [-0.3, -0.25) is 0 Å². The van der Waals surface area contributed by atoms with Crippen LogP contribution in [0.4, 0.5) is 0 Å². The lowest BCUT2D eigenvalue weighted by atomic mass is 10.2. The van der Waals surface area contributed by atoms with Gasteiger partial charge in [-0.1, -0.05) is 33.0 Å². The summed E-state index contributed by atoms with van der Waals surface area (Å²) >= 11 is 0. The summed E-state index contributed by atoms with van der Waals surface area (Å²) in [4.78, 5) is 5.06. The fourth-order valence-electron chi connectivity index (χ4n) is 4.46. The van der Waals surface area contributed by atoms with Crippen molar-refractivity contribution in [2.75, 3.05) is 0 Å². The predicted molar refractivity (Wildman–Crippen MR) is 125 cm³/mol. The topological polar surface area (TPSA) is 18.8 Å². The van der Waals surface area contributed by atoms with Crippen molar-refractivity contribution in [1.29, 1.82) is 0 Å². The van der Waals surface area contributed by atoms with E-state index in [4.69, 9.17) is 4.76 Å². The van der Waals surface area contributed by atoms with Gasteiger partial charge in [0.05, 0.1) is 0 Å². The number of nitrogens with zero attached hydrogens (tertiary/aromatic N) is 3. The molecule has 0 bridgehead atoms. The standard InChI is InChI=1S/C22H48N3P/c1-15(2)24(16(3)4)22(25(17(5)6)18(7)8)23-26(19(9)10,20(11)12)21(13)14/h15-20H,1-14H3. The highest BCUT2D eigenvalue weighted by Crippen LogP contribution is 2.60. The molecule has 0 heterocycles. The Kier molecular flexibility index (Phi) is 10.0. The SMILES string of the molecule is CC(C)=P(N=C(N(C(C)C)C(C)C)N(C(C)C)C(C)C)(C(C)C)C(C)C. The maximum absolute atomic E-state index is 5.73. The van der Waals surface area contributed by atoms with Crippen LogP contribution in [0.25, 0.3) is 0 Å². The molecule has 156 valence electrons. The summed E-state index contributed by atoms with van der Waals surface area (Å²) in [6, 6.07) is 1.69. The molecule has 0 unspecified atom stereocenters. The quantitative estimate of drug-likeness (QED) is 0.281. The number of rotatable bonds is 7. The predicted octanol–water partition coefficient (Wildman–Crippen LogP) is 6.54. The van der Waals surface area contributed by atoms with Crippen LogP contribution in [0.5, 0.6) is 0 Å². The van der Waals surface area contributed by atoms with Gasteiger partial charge in [0.15, 0.2) is 0 Å². The van der Waals surface area contributed by atoms with E-state index in [1.807, 2.05) is 0 Å². The van der Waals surface area contributed by atoms with Crippen LogP contribution in [0.15, 0.2) is 4.76 Å². The van der Waals surface area contributed by atoms with Gasteiger partial charge in [-0.15, -0.1) is 0 Å². The Morgan fingerprint density at radius 3 is 1.00 bits per heavy atom. The Hall–Kier alpha value is -0.430. The van der Waals surface area contributed by atoms with Crippen molar-refractivity contribution in [1.82, 2.24) is 9.80 Å². The van der Waals surface area contributed by atoms with Crippen LogP contribution in [-0.4, -0.2) is 56.5 Å². The molecule has 0 saturated heterocycles. The fraction of sp³-hybridized carbons (Fsp3) is 0.909. The first-order chi connectivity index (χ1) is 11.7. The van der Waals surface area contributed by atoms with E-state index < -0.39 is 7.04 Å². The summed E-state index contributed by atoms with van der Waals surface area (Å²) in [6.45, 7) is 32.4. The van der Waals surface area contributed by atoms with Gasteiger partial charge in [0, 0.05) is 31.2 Å². The molecule has 0 aromatic rings. The second-order valence-electron chi connectivity index (χ2n) is 9.46. The van der Waals surface area contributed by atoms with Crippen molar-refractivity contribution >= 4 is 18.3 Å². The van der Waals surface area contributed by atoms with Crippen LogP contribution in [0.2, 0.25) is 0 Å². The minimum Gasteiger partial charge on any atom is -0.338 e. The Balaban J connectivity index is 7.02. The van der Waals surface area contributed by atoms with E-state index in [2.05, 4.69) is 107 Å². The number of hydrogen-bond donors (Lipinski definition) is 0. The Labute approximate surface area is 165 Å². The molecule has 0 aromatic carbocycles. The smallest absolute Gasteiger partial charge is 0.201 e. The van der Waals surface area contributed by atoms with Gasteiger partial charge in [-0.2, -0.15) is 0 Å². The Morgan fingerprint density at radius 2 is 0.846 bits per heavy atom. The van der Waals surface area contributed by atoms with Gasteiger partial charge in [0.1, 0.15) is 0 Å². The summed E-state index contributed by atoms with van der Waals surface area (Å²) in [5.41, 5.74) is 1.12. The van der Waals surface area contributed by atoms with Crippen LogP contribution in [-0.2, 0) is 0 Å². The summed E-state index contributed by atoms with van der Waals surface area (Å²) in [7, 11) is -1.61. The van der Waals surface area contributed by atoms with Crippen molar-refractivity contribution < 1.29 is 0 Å². The fourth-order valence-corrected chi connectivity index (χ4v) is 8.88. The molecule has 26 heavy (non-hydrogen) atoms. The lowest BCUT2D eigenvalue weighted by molar-refractivity contribution is 0.201. The highest BCUT2D eigenvalue weighted by atomic mass is 31.2. The average Bonchev–Trinajstić information content (AvgIpc) is 2.41. The normalized spacial score (nSPS) is 12.8. The molecule has 0 fully saturated rings. The molecule has 0 aliphatic rings. The first-order valence-electron chi connectivity index (χ1n) is 10.6. The zero-order valence-electron chi connectivity index (χ0n) is 20.3. The first kappa shape index (κ1) is 25.6. The molecule has 0 radical (unpaired) electrons. The van der Waals surface area contributed by atoms with E-state index in [1.165, 1.54) is 11.3 Å². The van der Waals surface area contributed by atoms with E-state index in [-0.39, 0.29) is 0 Å². The molecule has 3 nitrogen and oxygen atoms in total.